The first-order valence-corrected chi connectivity index (χ1v) is 7.55. The molecule has 2 N–H and O–H groups in total. The quantitative estimate of drug-likeness (QED) is 0.720. The highest BCUT2D eigenvalue weighted by molar-refractivity contribution is 5.83. The van der Waals surface area contributed by atoms with Gasteiger partial charge in [0.2, 0.25) is 5.91 Å². The van der Waals surface area contributed by atoms with Crippen LogP contribution in [0.2, 0.25) is 0 Å². The number of rotatable bonds is 7. The van der Waals surface area contributed by atoms with Crippen molar-refractivity contribution < 1.29 is 9.53 Å². The van der Waals surface area contributed by atoms with E-state index < -0.39 is 5.41 Å². The van der Waals surface area contributed by atoms with E-state index in [1.807, 2.05) is 0 Å². The first-order valence-electron chi connectivity index (χ1n) is 7.55. The van der Waals surface area contributed by atoms with Gasteiger partial charge < -0.3 is 15.4 Å². The molecular weight excluding hydrogens is 254 g/mol. The van der Waals surface area contributed by atoms with Crippen LogP contribution in [0, 0.1) is 16.7 Å². The van der Waals surface area contributed by atoms with Crippen LogP contribution in [0.5, 0.6) is 0 Å². The molecule has 0 aliphatic heterocycles. The lowest BCUT2D eigenvalue weighted by atomic mass is 9.79. The molecular formula is C15H27N3O2. The third kappa shape index (κ3) is 4.46. The van der Waals surface area contributed by atoms with Crippen molar-refractivity contribution in [2.75, 3.05) is 33.4 Å². The van der Waals surface area contributed by atoms with Crippen molar-refractivity contribution in [3.63, 3.8) is 0 Å². The lowest BCUT2D eigenvalue weighted by Gasteiger charge is -2.35. The molecule has 0 radical (unpaired) electrons. The van der Waals surface area contributed by atoms with E-state index >= 15 is 0 Å². The lowest BCUT2D eigenvalue weighted by molar-refractivity contribution is -0.143. The fraction of sp³-hybridized carbons (Fsp3) is 0.867. The molecule has 0 atom stereocenters. The Morgan fingerprint density at radius 1 is 1.30 bits per heavy atom. The number of nitrogens with zero attached hydrogens (tertiary/aromatic N) is 2. The van der Waals surface area contributed by atoms with Crippen molar-refractivity contribution in [1.29, 1.82) is 5.26 Å². The van der Waals surface area contributed by atoms with Crippen molar-refractivity contribution >= 4 is 5.91 Å². The first kappa shape index (κ1) is 16.9. The van der Waals surface area contributed by atoms with Gasteiger partial charge in [-0.05, 0) is 12.8 Å². The number of nitriles is 1. The molecule has 0 unspecified atom stereocenters. The Kier molecular flexibility index (Phi) is 7.56. The zero-order chi connectivity index (χ0) is 14.8. The number of amides is 1. The van der Waals surface area contributed by atoms with Crippen LogP contribution in [0.3, 0.4) is 0 Å². The van der Waals surface area contributed by atoms with Crippen molar-refractivity contribution in [3.05, 3.63) is 0 Å². The number of hydrogen-bond acceptors (Lipinski definition) is 4. The first-order chi connectivity index (χ1) is 9.70. The van der Waals surface area contributed by atoms with Gasteiger partial charge in [0.25, 0.3) is 0 Å². The zero-order valence-electron chi connectivity index (χ0n) is 12.6. The molecule has 1 aliphatic carbocycles. The molecule has 1 amide bonds. The molecule has 0 aromatic carbocycles. The van der Waals surface area contributed by atoms with E-state index in [4.69, 9.17) is 15.7 Å². The van der Waals surface area contributed by atoms with E-state index in [0.29, 0.717) is 32.7 Å². The molecule has 1 aliphatic rings. The van der Waals surface area contributed by atoms with Crippen molar-refractivity contribution in [2.45, 2.75) is 44.9 Å². The lowest BCUT2D eigenvalue weighted by Crippen LogP contribution is -2.49. The number of hydrogen-bond donors (Lipinski definition) is 1. The second kappa shape index (κ2) is 8.93. The van der Waals surface area contributed by atoms with Gasteiger partial charge in [-0.3, -0.25) is 4.79 Å². The molecule has 1 rings (SSSR count). The summed E-state index contributed by atoms with van der Waals surface area (Å²) >= 11 is 0. The fourth-order valence-electron chi connectivity index (χ4n) is 2.95. The summed E-state index contributed by atoms with van der Waals surface area (Å²) in [6.45, 7) is 1.92. The van der Waals surface area contributed by atoms with Gasteiger partial charge in [-0.15, -0.1) is 0 Å². The second-order valence-corrected chi connectivity index (χ2v) is 5.59. The summed E-state index contributed by atoms with van der Waals surface area (Å²) in [5.74, 6) is 0.120. The van der Waals surface area contributed by atoms with Gasteiger partial charge in [-0.1, -0.05) is 25.7 Å². The van der Waals surface area contributed by atoms with Crippen LogP contribution in [-0.2, 0) is 9.53 Å². The molecule has 0 saturated heterocycles. The van der Waals surface area contributed by atoms with E-state index in [1.54, 1.807) is 12.0 Å². The van der Waals surface area contributed by atoms with E-state index in [2.05, 4.69) is 6.07 Å². The Labute approximate surface area is 122 Å². The smallest absolute Gasteiger partial charge is 0.230 e. The predicted molar refractivity (Wildman–Crippen MR) is 77.9 cm³/mol. The summed E-state index contributed by atoms with van der Waals surface area (Å²) in [5, 5.41) is 8.76. The van der Waals surface area contributed by atoms with Gasteiger partial charge in [0, 0.05) is 26.7 Å². The maximum atomic E-state index is 12.9. The zero-order valence-corrected chi connectivity index (χ0v) is 12.6. The third-order valence-electron chi connectivity index (χ3n) is 4.25. The van der Waals surface area contributed by atoms with Gasteiger partial charge in [-0.25, -0.2) is 0 Å². The Bertz CT molecular complexity index is 331. The van der Waals surface area contributed by atoms with Gasteiger partial charge >= 0.3 is 0 Å². The SMILES string of the molecule is COCCN(CCC#N)C(=O)C1(CN)CCCCCC1. The number of carbonyl (C=O) groups excluding carboxylic acids is 1. The normalized spacial score (nSPS) is 18.1. The van der Waals surface area contributed by atoms with E-state index in [0.717, 1.165) is 25.7 Å². The molecule has 0 bridgehead atoms. The van der Waals surface area contributed by atoms with Crippen LogP contribution in [-0.4, -0.2) is 44.2 Å². The summed E-state index contributed by atoms with van der Waals surface area (Å²) in [7, 11) is 1.62. The minimum Gasteiger partial charge on any atom is -0.383 e. The molecule has 0 aromatic heterocycles. The monoisotopic (exact) mass is 281 g/mol. The highest BCUT2D eigenvalue weighted by Crippen LogP contribution is 2.36. The fourth-order valence-corrected chi connectivity index (χ4v) is 2.95. The number of ether oxygens (including phenoxy) is 1. The number of carbonyl (C=O) groups is 1. The van der Waals surface area contributed by atoms with Crippen LogP contribution in [0.4, 0.5) is 0 Å². The Hall–Kier alpha value is -1.12. The summed E-state index contributed by atoms with van der Waals surface area (Å²) in [6, 6.07) is 2.11. The summed E-state index contributed by atoms with van der Waals surface area (Å²) in [4.78, 5) is 14.7. The highest BCUT2D eigenvalue weighted by atomic mass is 16.5. The molecule has 1 fully saturated rings. The summed E-state index contributed by atoms with van der Waals surface area (Å²) in [6.07, 6.45) is 6.61. The largest absolute Gasteiger partial charge is 0.383 e. The predicted octanol–water partition coefficient (Wildman–Crippen LogP) is 1.67. The Balaban J connectivity index is 2.79. The average molecular weight is 281 g/mol. The van der Waals surface area contributed by atoms with Crippen LogP contribution >= 0.6 is 0 Å². The molecule has 1 saturated carbocycles. The van der Waals surface area contributed by atoms with Crippen LogP contribution in [0.15, 0.2) is 0 Å². The molecule has 20 heavy (non-hydrogen) atoms. The van der Waals surface area contributed by atoms with Crippen LogP contribution < -0.4 is 5.73 Å². The average Bonchev–Trinajstić information content (AvgIpc) is 2.73. The van der Waals surface area contributed by atoms with Crippen molar-refractivity contribution in [3.8, 4) is 6.07 Å². The number of methoxy groups -OCH3 is 1. The minimum atomic E-state index is -0.417. The van der Waals surface area contributed by atoms with E-state index in [-0.39, 0.29) is 5.91 Å². The summed E-state index contributed by atoms with van der Waals surface area (Å²) < 4.78 is 5.07. The topological polar surface area (TPSA) is 79.3 Å². The molecule has 0 aromatic rings. The molecule has 5 nitrogen and oxygen atoms in total. The van der Waals surface area contributed by atoms with Gasteiger partial charge in [0.15, 0.2) is 0 Å². The molecule has 114 valence electrons. The summed E-state index contributed by atoms with van der Waals surface area (Å²) in [5.41, 5.74) is 5.54. The molecule has 0 heterocycles. The maximum absolute atomic E-state index is 12.9. The van der Waals surface area contributed by atoms with Crippen molar-refractivity contribution in [2.24, 2.45) is 11.1 Å². The van der Waals surface area contributed by atoms with Gasteiger partial charge in [-0.2, -0.15) is 5.26 Å². The van der Waals surface area contributed by atoms with E-state index in [1.165, 1.54) is 12.8 Å². The third-order valence-corrected chi connectivity index (χ3v) is 4.25. The Morgan fingerprint density at radius 3 is 2.45 bits per heavy atom. The van der Waals surface area contributed by atoms with Gasteiger partial charge in [0.1, 0.15) is 0 Å². The van der Waals surface area contributed by atoms with Crippen LogP contribution in [0.25, 0.3) is 0 Å². The molecule has 5 heteroatoms. The van der Waals surface area contributed by atoms with Crippen molar-refractivity contribution in [1.82, 2.24) is 4.90 Å². The molecule has 0 spiro atoms. The minimum absolute atomic E-state index is 0.120. The highest BCUT2D eigenvalue weighted by Gasteiger charge is 2.39. The van der Waals surface area contributed by atoms with Gasteiger partial charge in [0.05, 0.1) is 24.5 Å². The Morgan fingerprint density at radius 2 is 1.95 bits per heavy atom. The standard InChI is InChI=1S/C15H27N3O2/c1-20-12-11-18(10-6-9-16)14(19)15(13-17)7-4-2-3-5-8-15/h2-8,10-13,17H2,1H3. The van der Waals surface area contributed by atoms with E-state index in [9.17, 15) is 4.79 Å². The maximum Gasteiger partial charge on any atom is 0.230 e. The number of nitrogens with two attached hydrogens (primary N) is 1. The second-order valence-electron chi connectivity index (χ2n) is 5.59. The van der Waals surface area contributed by atoms with Crippen LogP contribution in [0.1, 0.15) is 44.9 Å².